The molecule has 3 aromatic heterocycles. The number of para-hydroxylation sites is 1. The highest BCUT2D eigenvalue weighted by molar-refractivity contribution is 7.22. The summed E-state index contributed by atoms with van der Waals surface area (Å²) in [5.41, 5.74) is 9.05. The molecular formula is C65H75N9O8S2. The lowest BCUT2D eigenvalue weighted by Crippen LogP contribution is -2.59. The number of nitrogens with one attached hydrogen (secondary N) is 3. The number of aliphatic hydroxyl groups is 1. The maximum atomic E-state index is 14.4. The summed E-state index contributed by atoms with van der Waals surface area (Å²) in [6.45, 7) is 19.9. The molecule has 440 valence electrons. The van der Waals surface area contributed by atoms with Gasteiger partial charge >= 0.3 is 5.97 Å². The van der Waals surface area contributed by atoms with E-state index in [0.717, 1.165) is 67.0 Å². The number of β-amino-alcohol motifs (C(OH)–C–C–N with tert-alkyl or cyclic N) is 1. The van der Waals surface area contributed by atoms with Crippen molar-refractivity contribution in [2.24, 2.45) is 11.3 Å². The Hall–Kier alpha value is -7.58. The van der Waals surface area contributed by atoms with E-state index < -0.39 is 41.1 Å². The smallest absolute Gasteiger partial charge is 0.358 e. The zero-order chi connectivity index (χ0) is 59.6. The Bertz CT molecular complexity index is 3550. The summed E-state index contributed by atoms with van der Waals surface area (Å²) in [5, 5.41) is 20.5. The van der Waals surface area contributed by atoms with Crippen molar-refractivity contribution in [3.63, 3.8) is 0 Å². The Morgan fingerprint density at radius 3 is 2.30 bits per heavy atom. The van der Waals surface area contributed by atoms with E-state index in [1.54, 1.807) is 11.3 Å². The molecule has 6 heterocycles. The van der Waals surface area contributed by atoms with Crippen LogP contribution in [0.1, 0.15) is 123 Å². The fraction of sp³-hybridized carbons (Fsp3) is 0.415. The zero-order valence-corrected chi connectivity index (χ0v) is 50.9. The van der Waals surface area contributed by atoms with Crippen LogP contribution in [-0.2, 0) is 32.1 Å². The van der Waals surface area contributed by atoms with Crippen LogP contribution in [0.3, 0.4) is 0 Å². The Morgan fingerprint density at radius 2 is 1.58 bits per heavy atom. The molecule has 4 amide bonds. The van der Waals surface area contributed by atoms with Crippen LogP contribution in [0, 0.1) is 25.2 Å². The van der Waals surface area contributed by atoms with Crippen molar-refractivity contribution in [2.75, 3.05) is 49.5 Å². The maximum Gasteiger partial charge on any atom is 0.358 e. The lowest BCUT2D eigenvalue weighted by Gasteiger charge is -2.36. The van der Waals surface area contributed by atoms with E-state index in [0.29, 0.717) is 67.0 Å². The van der Waals surface area contributed by atoms with Crippen molar-refractivity contribution in [1.82, 2.24) is 35.4 Å². The number of thiazole rings is 2. The van der Waals surface area contributed by atoms with Crippen LogP contribution in [0.5, 0.6) is 5.75 Å². The normalized spacial score (nSPS) is 17.5. The fourth-order valence-corrected chi connectivity index (χ4v) is 13.1. The summed E-state index contributed by atoms with van der Waals surface area (Å²) in [4.78, 5) is 90.8. The minimum atomic E-state index is -0.940. The molecule has 7 aromatic rings. The number of piperidine rings is 1. The van der Waals surface area contributed by atoms with Crippen LogP contribution in [-0.4, -0.2) is 123 Å². The molecule has 0 spiro atoms. The molecule has 0 aliphatic carbocycles. The van der Waals surface area contributed by atoms with Crippen LogP contribution in [0.2, 0.25) is 0 Å². The molecule has 4 N–H and O–H groups in total. The van der Waals surface area contributed by atoms with E-state index in [4.69, 9.17) is 14.5 Å². The average Bonchev–Trinajstić information content (AvgIpc) is 3.57. The van der Waals surface area contributed by atoms with Crippen LogP contribution >= 0.6 is 22.7 Å². The third-order valence-electron chi connectivity index (χ3n) is 16.0. The number of amides is 4. The largest absolute Gasteiger partial charge is 0.493 e. The molecular weight excluding hydrogens is 1100 g/mol. The van der Waals surface area contributed by atoms with Crippen molar-refractivity contribution in [3.05, 3.63) is 142 Å². The van der Waals surface area contributed by atoms with Gasteiger partial charge in [0.25, 0.3) is 5.91 Å². The Kier molecular flexibility index (Phi) is 17.7. The van der Waals surface area contributed by atoms with Gasteiger partial charge in [0.05, 0.1) is 51.6 Å². The molecule has 2 unspecified atom stereocenters. The van der Waals surface area contributed by atoms with Crippen LogP contribution in [0.4, 0.5) is 10.9 Å². The van der Waals surface area contributed by atoms with Gasteiger partial charge in [-0.1, -0.05) is 92.8 Å². The second kappa shape index (κ2) is 24.9. The van der Waals surface area contributed by atoms with E-state index in [-0.39, 0.29) is 54.9 Å². The Balaban J connectivity index is 0.750. The first kappa shape index (κ1) is 59.6. The van der Waals surface area contributed by atoms with Crippen molar-refractivity contribution in [2.45, 2.75) is 124 Å². The number of likely N-dealkylation sites (tertiary alicyclic amines) is 2. The van der Waals surface area contributed by atoms with Gasteiger partial charge in [0.1, 0.15) is 29.3 Å². The van der Waals surface area contributed by atoms with E-state index >= 15 is 0 Å². The monoisotopic (exact) mass is 1170 g/mol. The van der Waals surface area contributed by atoms with Gasteiger partial charge < -0.3 is 35.0 Å². The molecule has 17 nitrogen and oxygen atoms in total. The lowest BCUT2D eigenvalue weighted by molar-refractivity contribution is -0.144. The average molecular weight is 1170 g/mol. The van der Waals surface area contributed by atoms with Gasteiger partial charge in [-0.2, -0.15) is 0 Å². The van der Waals surface area contributed by atoms with E-state index in [9.17, 15) is 29.1 Å². The lowest BCUT2D eigenvalue weighted by atomic mass is 9.85. The molecule has 4 atom stereocenters. The highest BCUT2D eigenvalue weighted by Gasteiger charge is 2.45. The second-order valence-electron chi connectivity index (χ2n) is 24.5. The minimum absolute atomic E-state index is 0.0119. The SMILES string of the molecule is Cc1ncsc1-c1ccc(C(C)NC(=O)[C@@H]2C[C@@H](O)CN2C(=O)C(NC(=O)CN2CCC(COc3cccc(-c4ccc(N5CCc6cccc(C(=O)Nc7nc8ccccc8s7)c6C5)nc4C(=O)OC(C)(C)C)c3C)CC2)C(C)(C)C)cc1. The number of aliphatic hydroxyl groups excluding tert-OH is 1. The molecule has 19 heteroatoms. The van der Waals surface area contributed by atoms with Gasteiger partial charge in [0.15, 0.2) is 10.8 Å². The number of hydrogen-bond donors (Lipinski definition) is 4. The number of esters is 1. The first-order valence-electron chi connectivity index (χ1n) is 28.9. The molecule has 10 rings (SSSR count). The topological polar surface area (TPSA) is 209 Å². The summed E-state index contributed by atoms with van der Waals surface area (Å²) in [7, 11) is 0. The minimum Gasteiger partial charge on any atom is -0.493 e. The highest BCUT2D eigenvalue weighted by Crippen LogP contribution is 2.37. The summed E-state index contributed by atoms with van der Waals surface area (Å²) in [6.07, 6.45) is 1.46. The van der Waals surface area contributed by atoms with Gasteiger partial charge in [-0.25, -0.2) is 19.7 Å². The van der Waals surface area contributed by atoms with Crippen LogP contribution in [0.25, 0.3) is 31.8 Å². The molecule has 4 aromatic carbocycles. The number of nitrogens with zero attached hydrogens (tertiary/aromatic N) is 6. The number of hydrogen-bond acceptors (Lipinski definition) is 15. The van der Waals surface area contributed by atoms with Crippen molar-refractivity contribution < 1.29 is 38.6 Å². The van der Waals surface area contributed by atoms with Gasteiger partial charge in [0.2, 0.25) is 17.7 Å². The number of rotatable bonds is 16. The van der Waals surface area contributed by atoms with E-state index in [2.05, 4.69) is 41.8 Å². The zero-order valence-electron chi connectivity index (χ0n) is 49.3. The molecule has 0 bridgehead atoms. The van der Waals surface area contributed by atoms with Crippen LogP contribution in [0.15, 0.2) is 103 Å². The number of carbonyl (C=O) groups is 5. The molecule has 2 saturated heterocycles. The van der Waals surface area contributed by atoms with E-state index in [1.165, 1.54) is 16.2 Å². The van der Waals surface area contributed by atoms with Gasteiger partial charge in [-0.3, -0.25) is 29.4 Å². The van der Waals surface area contributed by atoms with Gasteiger partial charge in [-0.05, 0) is 155 Å². The number of aryl methyl sites for hydroxylation is 1. The molecule has 2 fully saturated rings. The summed E-state index contributed by atoms with van der Waals surface area (Å²) < 4.78 is 13.5. The van der Waals surface area contributed by atoms with Crippen molar-refractivity contribution in [3.8, 4) is 27.3 Å². The first-order chi connectivity index (χ1) is 40.1. The van der Waals surface area contributed by atoms with Gasteiger partial charge in [0, 0.05) is 37.2 Å². The first-order valence-corrected chi connectivity index (χ1v) is 30.6. The summed E-state index contributed by atoms with van der Waals surface area (Å²) in [6, 6.07) is 29.0. The van der Waals surface area contributed by atoms with Crippen LogP contribution < -0.4 is 25.6 Å². The number of carbonyl (C=O) groups excluding carboxylic acids is 5. The van der Waals surface area contributed by atoms with Crippen molar-refractivity contribution in [1.29, 1.82) is 0 Å². The number of anilines is 2. The second-order valence-corrected chi connectivity index (χ2v) is 26.3. The number of pyridine rings is 1. The number of aromatic nitrogens is 3. The molecule has 0 saturated carbocycles. The van der Waals surface area contributed by atoms with E-state index in [1.807, 2.05) is 159 Å². The molecule has 3 aliphatic rings. The summed E-state index contributed by atoms with van der Waals surface area (Å²) >= 11 is 3.01. The molecule has 3 aliphatic heterocycles. The third-order valence-corrected chi connectivity index (χ3v) is 17.9. The molecule has 0 radical (unpaired) electrons. The maximum absolute atomic E-state index is 14.4. The number of benzene rings is 4. The van der Waals surface area contributed by atoms with Gasteiger partial charge in [-0.15, -0.1) is 11.3 Å². The predicted octanol–water partition coefficient (Wildman–Crippen LogP) is 10.3. The third kappa shape index (κ3) is 13.7. The standard InChI is InChI=1S/C65H75N9O8S2/c1-38-46(47-24-25-54(69-56(47)62(80)82-65(7,8)9)73-31-28-43-14-12-16-48(49(43)34-73)59(77)71-63-68-50-17-10-11-19-53(50)84-63)15-13-18-52(38)81-36-41-26-29-72(30-27-41)35-55(76)70-58(64(4,5)6)61(79)74-33-45(75)32-51(74)60(78)67-39(2)42-20-22-44(23-21-42)57-40(3)66-37-83-57/h10-25,37,39,41,45,51,58,75H,26-36H2,1-9H3,(H,67,78)(H,70,76)(H,68,71,77)/t39?,45-,51+,58?/m1/s1. The highest BCUT2D eigenvalue weighted by atomic mass is 32.1. The van der Waals surface area contributed by atoms with Crippen molar-refractivity contribution >= 4 is 73.4 Å². The quantitative estimate of drug-likeness (QED) is 0.0665. The number of ether oxygens (including phenoxy) is 2. The summed E-state index contributed by atoms with van der Waals surface area (Å²) in [5.74, 6) is -0.353. The Morgan fingerprint density at radius 1 is 0.833 bits per heavy atom. The molecule has 84 heavy (non-hydrogen) atoms. The fourth-order valence-electron chi connectivity index (χ4n) is 11.4. The predicted molar refractivity (Wildman–Crippen MR) is 329 cm³/mol. The number of fused-ring (bicyclic) bond motifs is 2. The Labute approximate surface area is 499 Å².